The van der Waals surface area contributed by atoms with Crippen LogP contribution in [-0.2, 0) is 0 Å². The number of amides is 1. The van der Waals surface area contributed by atoms with Crippen LogP contribution < -0.4 is 5.32 Å². The molecule has 2 aromatic carbocycles. The number of hydrogen-bond acceptors (Lipinski definition) is 2. The number of nitrogens with one attached hydrogen (secondary N) is 1. The highest BCUT2D eigenvalue weighted by molar-refractivity contribution is 7.99. The number of carbonyl (C=O) groups is 1. The molecule has 0 aliphatic carbocycles. The highest BCUT2D eigenvalue weighted by atomic mass is 35.5. The summed E-state index contributed by atoms with van der Waals surface area (Å²) in [4.78, 5) is 13.3. The molecule has 0 atom stereocenters. The van der Waals surface area contributed by atoms with Crippen LogP contribution in [0, 0.1) is 0 Å². The van der Waals surface area contributed by atoms with Gasteiger partial charge in [-0.3, -0.25) is 4.79 Å². The van der Waals surface area contributed by atoms with E-state index >= 15 is 0 Å². The lowest BCUT2D eigenvalue weighted by atomic mass is 10.2. The zero-order valence-electron chi connectivity index (χ0n) is 10.8. The molecule has 1 N–H and O–H groups in total. The molecule has 0 bridgehead atoms. The predicted molar refractivity (Wildman–Crippen MR) is 87.3 cm³/mol. The van der Waals surface area contributed by atoms with Crippen molar-refractivity contribution in [1.29, 1.82) is 0 Å². The molecule has 1 amide bonds. The third kappa shape index (κ3) is 3.48. The lowest BCUT2D eigenvalue weighted by Crippen LogP contribution is -2.13. The summed E-state index contributed by atoms with van der Waals surface area (Å²) in [6.07, 6.45) is 0. The van der Waals surface area contributed by atoms with Crippen molar-refractivity contribution in [3.05, 3.63) is 58.1 Å². The maximum atomic E-state index is 12.4. The number of carbonyl (C=O) groups excluding carboxylic acids is 1. The van der Waals surface area contributed by atoms with Crippen LogP contribution in [-0.4, -0.2) is 11.7 Å². The van der Waals surface area contributed by atoms with Gasteiger partial charge in [0, 0.05) is 4.90 Å². The van der Waals surface area contributed by atoms with Gasteiger partial charge in [0.25, 0.3) is 5.91 Å². The Bertz CT molecular complexity index is 611. The van der Waals surface area contributed by atoms with Crippen LogP contribution >= 0.6 is 35.0 Å². The van der Waals surface area contributed by atoms with E-state index in [9.17, 15) is 4.79 Å². The van der Waals surface area contributed by atoms with E-state index in [4.69, 9.17) is 23.2 Å². The van der Waals surface area contributed by atoms with Gasteiger partial charge in [-0.15, -0.1) is 11.8 Å². The lowest BCUT2D eigenvalue weighted by molar-refractivity contribution is 0.102. The van der Waals surface area contributed by atoms with E-state index in [1.165, 1.54) is 0 Å². The molecular formula is C15H13Cl2NOS. The molecule has 0 fully saturated rings. The van der Waals surface area contributed by atoms with Crippen LogP contribution in [0.15, 0.2) is 47.4 Å². The van der Waals surface area contributed by atoms with Crippen LogP contribution in [0.5, 0.6) is 0 Å². The molecule has 0 radical (unpaired) electrons. The smallest absolute Gasteiger partial charge is 0.256 e. The van der Waals surface area contributed by atoms with Gasteiger partial charge in [-0.2, -0.15) is 0 Å². The Hall–Kier alpha value is -1.16. The van der Waals surface area contributed by atoms with Gasteiger partial charge < -0.3 is 5.32 Å². The zero-order valence-corrected chi connectivity index (χ0v) is 13.1. The number of para-hydroxylation sites is 1. The maximum absolute atomic E-state index is 12.4. The first-order valence-corrected chi connectivity index (χ1v) is 7.84. The summed E-state index contributed by atoms with van der Waals surface area (Å²) in [5.74, 6) is 0.688. The van der Waals surface area contributed by atoms with Crippen molar-refractivity contribution in [3.63, 3.8) is 0 Å². The van der Waals surface area contributed by atoms with E-state index in [2.05, 4.69) is 5.32 Å². The van der Waals surface area contributed by atoms with E-state index < -0.39 is 0 Å². The molecule has 0 aliphatic rings. The number of anilines is 1. The van der Waals surface area contributed by atoms with E-state index in [1.807, 2.05) is 25.1 Å². The second-order valence-corrected chi connectivity index (χ2v) is 6.10. The van der Waals surface area contributed by atoms with Gasteiger partial charge in [0.1, 0.15) is 0 Å². The number of halogens is 2. The van der Waals surface area contributed by atoms with Gasteiger partial charge in [0.05, 0.1) is 21.3 Å². The van der Waals surface area contributed by atoms with Gasteiger partial charge in [0.15, 0.2) is 0 Å². The Balaban J connectivity index is 2.29. The van der Waals surface area contributed by atoms with Crippen molar-refractivity contribution in [2.75, 3.05) is 11.1 Å². The third-order valence-electron chi connectivity index (χ3n) is 2.63. The van der Waals surface area contributed by atoms with Crippen LogP contribution in [0.25, 0.3) is 0 Å². The molecule has 0 spiro atoms. The predicted octanol–water partition coefficient (Wildman–Crippen LogP) is 5.36. The van der Waals surface area contributed by atoms with E-state index in [1.54, 1.807) is 36.0 Å². The average molecular weight is 326 g/mol. The summed E-state index contributed by atoms with van der Waals surface area (Å²) >= 11 is 13.7. The van der Waals surface area contributed by atoms with Gasteiger partial charge in [0.2, 0.25) is 0 Å². The molecule has 2 nitrogen and oxygen atoms in total. The number of hydrogen-bond donors (Lipinski definition) is 1. The van der Waals surface area contributed by atoms with Crippen LogP contribution in [0.3, 0.4) is 0 Å². The second kappa shape index (κ2) is 7.02. The van der Waals surface area contributed by atoms with Gasteiger partial charge in [-0.25, -0.2) is 0 Å². The summed E-state index contributed by atoms with van der Waals surface area (Å²) in [6.45, 7) is 2.05. The Kier molecular flexibility index (Phi) is 5.35. The SMILES string of the molecule is CCSc1ccccc1C(=O)Nc1c(Cl)cccc1Cl. The molecule has 0 aromatic heterocycles. The Labute approximate surface area is 132 Å². The first-order chi connectivity index (χ1) is 9.63. The molecule has 0 saturated carbocycles. The van der Waals surface area contributed by atoms with Crippen LogP contribution in [0.4, 0.5) is 5.69 Å². The maximum Gasteiger partial charge on any atom is 0.256 e. The summed E-state index contributed by atoms with van der Waals surface area (Å²) in [5, 5.41) is 3.62. The molecule has 0 aliphatic heterocycles. The number of thioether (sulfide) groups is 1. The molecule has 2 rings (SSSR count). The molecule has 0 heterocycles. The summed E-state index contributed by atoms with van der Waals surface area (Å²) in [5.41, 5.74) is 1.06. The topological polar surface area (TPSA) is 29.1 Å². The van der Waals surface area contributed by atoms with Crippen molar-refractivity contribution in [2.24, 2.45) is 0 Å². The first kappa shape index (κ1) is 15.2. The largest absolute Gasteiger partial charge is 0.319 e. The summed E-state index contributed by atoms with van der Waals surface area (Å²) in [7, 11) is 0. The first-order valence-electron chi connectivity index (χ1n) is 6.10. The zero-order chi connectivity index (χ0) is 14.5. The molecule has 2 aromatic rings. The van der Waals surface area contributed by atoms with Crippen molar-refractivity contribution >= 4 is 46.6 Å². The van der Waals surface area contributed by atoms with Crippen LogP contribution in [0.2, 0.25) is 10.0 Å². The molecule has 0 saturated heterocycles. The fraction of sp³-hybridized carbons (Fsp3) is 0.133. The number of benzene rings is 2. The van der Waals surface area contributed by atoms with Crippen molar-refractivity contribution < 1.29 is 4.79 Å². The number of rotatable bonds is 4. The highest BCUT2D eigenvalue weighted by Crippen LogP contribution is 2.31. The molecule has 5 heteroatoms. The molecule has 20 heavy (non-hydrogen) atoms. The average Bonchev–Trinajstić information content (AvgIpc) is 2.44. The van der Waals surface area contributed by atoms with Gasteiger partial charge in [-0.05, 0) is 30.0 Å². The van der Waals surface area contributed by atoms with Crippen LogP contribution in [0.1, 0.15) is 17.3 Å². The summed E-state index contributed by atoms with van der Waals surface area (Å²) in [6, 6.07) is 12.6. The van der Waals surface area contributed by atoms with Gasteiger partial charge >= 0.3 is 0 Å². The van der Waals surface area contributed by atoms with E-state index in [0.717, 1.165) is 10.6 Å². The monoisotopic (exact) mass is 325 g/mol. The fourth-order valence-corrected chi connectivity index (χ4v) is 3.03. The highest BCUT2D eigenvalue weighted by Gasteiger charge is 2.14. The third-order valence-corrected chi connectivity index (χ3v) is 4.22. The Morgan fingerprint density at radius 3 is 2.40 bits per heavy atom. The minimum atomic E-state index is -0.212. The summed E-state index contributed by atoms with van der Waals surface area (Å²) < 4.78 is 0. The van der Waals surface area contributed by atoms with Crippen molar-refractivity contribution in [1.82, 2.24) is 0 Å². The standard InChI is InChI=1S/C15H13Cl2NOS/c1-2-20-13-9-4-3-6-10(13)15(19)18-14-11(16)7-5-8-12(14)17/h3-9H,2H2,1H3,(H,18,19). The Morgan fingerprint density at radius 2 is 1.75 bits per heavy atom. The minimum Gasteiger partial charge on any atom is -0.319 e. The normalized spacial score (nSPS) is 10.3. The molecule has 0 unspecified atom stereocenters. The Morgan fingerprint density at radius 1 is 1.10 bits per heavy atom. The van der Waals surface area contributed by atoms with Crippen molar-refractivity contribution in [2.45, 2.75) is 11.8 Å². The molecular weight excluding hydrogens is 313 g/mol. The van der Waals surface area contributed by atoms with Crippen molar-refractivity contribution in [3.8, 4) is 0 Å². The quantitative estimate of drug-likeness (QED) is 0.767. The second-order valence-electron chi connectivity index (χ2n) is 3.98. The fourth-order valence-electron chi connectivity index (χ4n) is 1.73. The minimum absolute atomic E-state index is 0.212. The van der Waals surface area contributed by atoms with E-state index in [0.29, 0.717) is 21.3 Å². The van der Waals surface area contributed by atoms with Gasteiger partial charge in [-0.1, -0.05) is 48.3 Å². The lowest BCUT2D eigenvalue weighted by Gasteiger charge is -2.11. The van der Waals surface area contributed by atoms with E-state index in [-0.39, 0.29) is 5.91 Å². The molecule has 104 valence electrons.